The van der Waals surface area contributed by atoms with Crippen LogP contribution in [0.1, 0.15) is 0 Å². The first kappa shape index (κ1) is 14.4. The standard InChI is InChI=1S/C20H11N4.Co/c1-2-14-10-16-5-6-18(23-16)12-20-8-7-19(24-20)11-17-4-3-15(22-17)9-13(1)21-14;/h1-7,9-12H;. The van der Waals surface area contributed by atoms with Crippen LogP contribution in [0.3, 0.4) is 0 Å². The van der Waals surface area contributed by atoms with Gasteiger partial charge in [-0.25, -0.2) is 0 Å². The van der Waals surface area contributed by atoms with Crippen molar-refractivity contribution in [1.29, 1.82) is 0 Å². The van der Waals surface area contributed by atoms with E-state index in [1.54, 1.807) is 0 Å². The van der Waals surface area contributed by atoms with Crippen LogP contribution in [-0.4, -0.2) is 22.8 Å². The second kappa shape index (κ2) is 5.58. The van der Waals surface area contributed by atoms with Crippen LogP contribution in [0, 0.1) is 0 Å². The number of nitrogens with zero attached hydrogens (tertiary/aromatic N) is 4. The second-order valence-corrected chi connectivity index (χ2v) is 6.41. The fourth-order valence-electron chi connectivity index (χ4n) is 2.85. The second-order valence-electron chi connectivity index (χ2n) is 5.85. The van der Waals surface area contributed by atoms with Crippen LogP contribution in [0.5, 0.6) is 0 Å². The Morgan fingerprint density at radius 2 is 0.960 bits per heavy atom. The molecule has 5 aliphatic heterocycles. The van der Waals surface area contributed by atoms with Crippen LogP contribution < -0.4 is 0 Å². The van der Waals surface area contributed by atoms with Gasteiger partial charge < -0.3 is 0 Å². The average Bonchev–Trinajstić information content (AvgIpc) is 3.33. The van der Waals surface area contributed by atoms with Crippen LogP contribution in [-0.2, 0) is 15.7 Å². The molecule has 0 saturated carbocycles. The van der Waals surface area contributed by atoms with Gasteiger partial charge in [-0.1, -0.05) is 0 Å². The quantitative estimate of drug-likeness (QED) is 0.631. The van der Waals surface area contributed by atoms with Crippen molar-refractivity contribution in [1.82, 2.24) is 0 Å². The van der Waals surface area contributed by atoms with Crippen LogP contribution in [0.15, 0.2) is 114 Å². The summed E-state index contributed by atoms with van der Waals surface area (Å²) in [7, 11) is 0. The van der Waals surface area contributed by atoms with Crippen molar-refractivity contribution in [3.8, 4) is 0 Å². The van der Waals surface area contributed by atoms with Gasteiger partial charge in [0.2, 0.25) is 0 Å². The van der Waals surface area contributed by atoms with Gasteiger partial charge in [0.1, 0.15) is 0 Å². The first-order chi connectivity index (χ1) is 12.2. The van der Waals surface area contributed by atoms with E-state index in [0.717, 1.165) is 50.1 Å². The molecule has 0 aromatic rings. The molecule has 0 radical (unpaired) electrons. The predicted molar refractivity (Wildman–Crippen MR) is 97.6 cm³/mol. The van der Waals surface area contributed by atoms with Gasteiger partial charge in [-0.2, -0.15) is 0 Å². The molecule has 5 heterocycles. The minimum atomic E-state index is 0.801. The zero-order valence-corrected chi connectivity index (χ0v) is 14.0. The Labute approximate surface area is 152 Å². The van der Waals surface area contributed by atoms with E-state index in [4.69, 9.17) is 0 Å². The summed E-state index contributed by atoms with van der Waals surface area (Å²) in [5.41, 5.74) is 6.85. The zero-order chi connectivity index (χ0) is 16.8. The van der Waals surface area contributed by atoms with E-state index in [1.165, 1.54) is 0 Å². The Morgan fingerprint density at radius 3 is 1.52 bits per heavy atom. The summed E-state index contributed by atoms with van der Waals surface area (Å²) >= 11 is 4.58. The third-order valence-corrected chi connectivity index (χ3v) is 4.39. The summed E-state index contributed by atoms with van der Waals surface area (Å²) in [4.78, 5) is 18.4. The summed E-state index contributed by atoms with van der Waals surface area (Å²) in [6.45, 7) is 0. The van der Waals surface area contributed by atoms with Gasteiger partial charge in [0, 0.05) is 0 Å². The van der Waals surface area contributed by atoms with E-state index in [-0.39, 0.29) is 0 Å². The zero-order valence-electron chi connectivity index (χ0n) is 13.0. The fraction of sp³-hybridized carbons (Fsp3) is 0. The van der Waals surface area contributed by atoms with Crippen molar-refractivity contribution in [2.24, 2.45) is 20.0 Å². The summed E-state index contributed by atoms with van der Waals surface area (Å²) in [5.74, 6) is 0. The number of hydrogen-bond donors (Lipinski definition) is 0. The number of rotatable bonds is 0. The number of allylic oxidation sites excluding steroid dienone is 12. The normalized spacial score (nSPS) is 22.7. The molecule has 0 N–H and O–H groups in total. The van der Waals surface area contributed by atoms with E-state index in [0.29, 0.717) is 0 Å². The van der Waals surface area contributed by atoms with Gasteiger partial charge >= 0.3 is 153 Å². The topological polar surface area (TPSA) is 49.4 Å². The van der Waals surface area contributed by atoms with Gasteiger partial charge in [-0.3, -0.25) is 0 Å². The van der Waals surface area contributed by atoms with Crippen molar-refractivity contribution in [2.75, 3.05) is 0 Å². The van der Waals surface area contributed by atoms with Crippen molar-refractivity contribution >= 4 is 22.8 Å². The molecule has 5 aliphatic rings. The SMILES string of the molecule is [Co][C]1=CC2=CC3=NC(=CC4=NC(=CC5=NC(=CC1=N2)C=C5)C=C4)C=C3. The monoisotopic (exact) mass is 366 g/mol. The molecule has 0 saturated heterocycles. The maximum absolute atomic E-state index is 4.62. The van der Waals surface area contributed by atoms with Crippen LogP contribution >= 0.6 is 0 Å². The van der Waals surface area contributed by atoms with E-state index in [2.05, 4.69) is 35.7 Å². The molecule has 5 heteroatoms. The Kier molecular flexibility index (Phi) is 3.22. The third kappa shape index (κ3) is 2.84. The van der Waals surface area contributed by atoms with E-state index in [9.17, 15) is 0 Å². The molecule has 5 rings (SSSR count). The predicted octanol–water partition coefficient (Wildman–Crippen LogP) is 3.45. The molecule has 0 unspecified atom stereocenters. The first-order valence-corrected chi connectivity index (χ1v) is 8.34. The van der Waals surface area contributed by atoms with Gasteiger partial charge in [0.25, 0.3) is 0 Å². The molecule has 25 heavy (non-hydrogen) atoms. The van der Waals surface area contributed by atoms with Crippen molar-refractivity contribution in [3.05, 3.63) is 94.1 Å². The first-order valence-electron chi connectivity index (χ1n) is 7.82. The minimum absolute atomic E-state index is 0.801. The molecule has 0 aromatic heterocycles. The van der Waals surface area contributed by atoms with E-state index in [1.807, 2.05) is 66.8 Å². The van der Waals surface area contributed by atoms with Gasteiger partial charge in [0.15, 0.2) is 0 Å². The fourth-order valence-corrected chi connectivity index (χ4v) is 3.14. The number of hydrogen-bond acceptors (Lipinski definition) is 4. The maximum atomic E-state index is 4.62. The molecule has 0 aromatic carbocycles. The van der Waals surface area contributed by atoms with Gasteiger partial charge in [-0.05, 0) is 0 Å². The molecular formula is C20H11CoN4. The summed E-state index contributed by atoms with van der Waals surface area (Å²) in [5, 5.41) is 0. The van der Waals surface area contributed by atoms with Gasteiger partial charge in [-0.15, -0.1) is 0 Å². The molecule has 4 nitrogen and oxygen atoms in total. The summed E-state index contributed by atoms with van der Waals surface area (Å²) < 4.78 is 0.817. The Bertz CT molecular complexity index is 1080. The number of fused-ring (bicyclic) bond motifs is 4. The summed E-state index contributed by atoms with van der Waals surface area (Å²) in [6.07, 6.45) is 21.6. The summed E-state index contributed by atoms with van der Waals surface area (Å²) in [6, 6.07) is 0. The Balaban J connectivity index is 1.66. The van der Waals surface area contributed by atoms with Gasteiger partial charge in [0.05, 0.1) is 0 Å². The van der Waals surface area contributed by atoms with E-state index < -0.39 is 0 Å². The molecule has 0 amide bonds. The molecule has 0 spiro atoms. The van der Waals surface area contributed by atoms with Crippen molar-refractivity contribution in [2.45, 2.75) is 0 Å². The Morgan fingerprint density at radius 1 is 0.480 bits per heavy atom. The molecule has 120 valence electrons. The Hall–Kier alpha value is -2.89. The van der Waals surface area contributed by atoms with Crippen LogP contribution in [0.2, 0.25) is 0 Å². The molecule has 0 aliphatic carbocycles. The number of aliphatic imine (C=N–C) groups is 4. The van der Waals surface area contributed by atoms with E-state index >= 15 is 0 Å². The van der Waals surface area contributed by atoms with Crippen LogP contribution in [0.25, 0.3) is 0 Å². The molecular weight excluding hydrogens is 355 g/mol. The molecule has 8 bridgehead atoms. The van der Waals surface area contributed by atoms with Crippen molar-refractivity contribution < 1.29 is 15.7 Å². The molecule has 0 atom stereocenters. The third-order valence-electron chi connectivity index (χ3n) is 3.97. The van der Waals surface area contributed by atoms with Crippen molar-refractivity contribution in [3.63, 3.8) is 0 Å². The van der Waals surface area contributed by atoms with Crippen LogP contribution in [0.4, 0.5) is 0 Å². The average molecular weight is 366 g/mol. The molecule has 0 fully saturated rings.